The van der Waals surface area contributed by atoms with E-state index in [1.165, 1.54) is 0 Å². The second-order valence-corrected chi connectivity index (χ2v) is 4.66. The molecule has 0 bridgehead atoms. The molecule has 1 atom stereocenters. The van der Waals surface area contributed by atoms with E-state index < -0.39 is 5.41 Å². The van der Waals surface area contributed by atoms with E-state index in [0.717, 1.165) is 23.3 Å². The molecular weight excluding hydrogens is 218 g/mol. The molecule has 1 heterocycles. The van der Waals surface area contributed by atoms with Gasteiger partial charge in [0.25, 0.3) is 0 Å². The van der Waals surface area contributed by atoms with Gasteiger partial charge in [0.05, 0.1) is 12.5 Å². The van der Waals surface area contributed by atoms with E-state index >= 15 is 0 Å². The summed E-state index contributed by atoms with van der Waals surface area (Å²) in [7, 11) is 1.60. The van der Waals surface area contributed by atoms with Crippen LogP contribution in [0.2, 0.25) is 0 Å². The molecule has 0 saturated carbocycles. The number of rotatable bonds is 1. The second-order valence-electron chi connectivity index (χ2n) is 4.66. The Labute approximate surface area is 99.0 Å². The Hall–Kier alpha value is -1.84. The molecule has 17 heavy (non-hydrogen) atoms. The van der Waals surface area contributed by atoms with Crippen LogP contribution < -0.4 is 10.1 Å². The fraction of sp³-hybridized carbons (Fsp3) is 0.385. The number of nitrogens with one attached hydrogen (secondary N) is 1. The lowest BCUT2D eigenvalue weighted by atomic mass is 9.80. The van der Waals surface area contributed by atoms with Crippen LogP contribution in [0.15, 0.2) is 18.2 Å². The van der Waals surface area contributed by atoms with Crippen LogP contribution in [0, 0.1) is 0 Å². The van der Waals surface area contributed by atoms with Gasteiger partial charge >= 0.3 is 0 Å². The van der Waals surface area contributed by atoms with Gasteiger partial charge in [-0.15, -0.1) is 0 Å². The molecule has 88 valence electrons. The molecule has 4 nitrogen and oxygen atoms in total. The summed E-state index contributed by atoms with van der Waals surface area (Å²) in [5.41, 5.74) is 1.47. The van der Waals surface area contributed by atoms with Crippen LogP contribution in [0.1, 0.15) is 24.0 Å². The van der Waals surface area contributed by atoms with Crippen molar-refractivity contribution in [3.05, 3.63) is 29.3 Å². The number of hydrogen-bond donors (Lipinski definition) is 1. The second kappa shape index (κ2) is 3.32. The van der Waals surface area contributed by atoms with Gasteiger partial charge in [0.1, 0.15) is 5.75 Å². The van der Waals surface area contributed by atoms with E-state index in [2.05, 4.69) is 5.32 Å². The lowest BCUT2D eigenvalue weighted by Gasteiger charge is -2.20. The van der Waals surface area contributed by atoms with Crippen molar-refractivity contribution in [2.75, 3.05) is 7.11 Å². The zero-order valence-corrected chi connectivity index (χ0v) is 9.58. The quantitative estimate of drug-likeness (QED) is 0.731. The number of methoxy groups -OCH3 is 1. The average molecular weight is 231 g/mol. The van der Waals surface area contributed by atoms with Gasteiger partial charge in [0.2, 0.25) is 11.8 Å². The Morgan fingerprint density at radius 1 is 1.35 bits per heavy atom. The first-order valence-corrected chi connectivity index (χ1v) is 5.67. The first-order valence-electron chi connectivity index (χ1n) is 5.67. The molecule has 1 unspecified atom stereocenters. The van der Waals surface area contributed by atoms with Crippen molar-refractivity contribution in [2.24, 2.45) is 0 Å². The monoisotopic (exact) mass is 231 g/mol. The average Bonchev–Trinajstić information content (AvgIpc) is 2.82. The van der Waals surface area contributed by atoms with Crippen molar-refractivity contribution in [1.82, 2.24) is 5.32 Å². The van der Waals surface area contributed by atoms with Gasteiger partial charge in [-0.1, -0.05) is 6.07 Å². The van der Waals surface area contributed by atoms with E-state index in [0.29, 0.717) is 6.42 Å². The largest absolute Gasteiger partial charge is 0.497 e. The number of carbonyl (C=O) groups is 2. The Morgan fingerprint density at radius 3 is 2.82 bits per heavy atom. The molecule has 0 radical (unpaired) electrons. The predicted octanol–water partition coefficient (Wildman–Crippen LogP) is 0.926. The number of amides is 2. The summed E-state index contributed by atoms with van der Waals surface area (Å²) in [5.74, 6) is 0.400. The number of fused-ring (bicyclic) bond motifs is 2. The molecule has 2 aliphatic rings. The van der Waals surface area contributed by atoms with Crippen molar-refractivity contribution in [3.8, 4) is 5.75 Å². The van der Waals surface area contributed by atoms with Gasteiger partial charge in [-0.2, -0.15) is 0 Å². The van der Waals surface area contributed by atoms with Gasteiger partial charge in [-0.3, -0.25) is 14.9 Å². The normalized spacial score (nSPS) is 26.2. The minimum absolute atomic E-state index is 0.158. The molecule has 1 fully saturated rings. The molecular formula is C13H13NO3. The van der Waals surface area contributed by atoms with Crippen molar-refractivity contribution >= 4 is 11.8 Å². The molecule has 1 aromatic carbocycles. The summed E-state index contributed by atoms with van der Waals surface area (Å²) in [4.78, 5) is 23.4. The molecule has 3 rings (SSSR count). The third-order valence-electron chi connectivity index (χ3n) is 3.80. The predicted molar refractivity (Wildman–Crippen MR) is 60.8 cm³/mol. The standard InChI is InChI=1S/C13H13NO3/c1-17-9-3-2-8-4-5-13(10(8)6-9)7-11(15)14-12(13)16/h2-3,6H,4-5,7H2,1H3,(H,14,15,16). The maximum atomic E-state index is 12.0. The van der Waals surface area contributed by atoms with Crippen LogP contribution >= 0.6 is 0 Å². The summed E-state index contributed by atoms with van der Waals surface area (Å²) in [6.45, 7) is 0. The van der Waals surface area contributed by atoms with Gasteiger partial charge in [0.15, 0.2) is 0 Å². The first-order chi connectivity index (χ1) is 8.15. The number of ether oxygens (including phenoxy) is 1. The molecule has 1 aromatic rings. The minimum atomic E-state index is -0.638. The summed E-state index contributed by atoms with van der Waals surface area (Å²) in [5, 5.41) is 2.41. The summed E-state index contributed by atoms with van der Waals surface area (Å²) >= 11 is 0. The lowest BCUT2D eigenvalue weighted by Crippen LogP contribution is -2.33. The first kappa shape index (κ1) is 10.3. The Kier molecular flexibility index (Phi) is 2.02. The minimum Gasteiger partial charge on any atom is -0.497 e. The van der Waals surface area contributed by atoms with E-state index in [1.807, 2.05) is 18.2 Å². The Bertz CT molecular complexity index is 523. The van der Waals surface area contributed by atoms with Crippen LogP contribution in [0.5, 0.6) is 5.75 Å². The zero-order chi connectivity index (χ0) is 12.0. The third-order valence-corrected chi connectivity index (χ3v) is 3.80. The van der Waals surface area contributed by atoms with E-state index in [-0.39, 0.29) is 18.2 Å². The van der Waals surface area contributed by atoms with Crippen LogP contribution in [-0.4, -0.2) is 18.9 Å². The van der Waals surface area contributed by atoms with Gasteiger partial charge in [-0.05, 0) is 36.1 Å². The highest BCUT2D eigenvalue weighted by Gasteiger charge is 2.51. The van der Waals surface area contributed by atoms with Gasteiger partial charge in [-0.25, -0.2) is 0 Å². The van der Waals surface area contributed by atoms with E-state index in [4.69, 9.17) is 4.74 Å². The van der Waals surface area contributed by atoms with Crippen molar-refractivity contribution < 1.29 is 14.3 Å². The lowest BCUT2D eigenvalue weighted by molar-refractivity contribution is -0.126. The maximum Gasteiger partial charge on any atom is 0.237 e. The highest BCUT2D eigenvalue weighted by Crippen LogP contribution is 2.45. The fourth-order valence-electron chi connectivity index (χ4n) is 2.89. The summed E-state index contributed by atoms with van der Waals surface area (Å²) < 4.78 is 5.19. The molecule has 1 spiro atoms. The molecule has 2 amide bonds. The van der Waals surface area contributed by atoms with E-state index in [9.17, 15) is 9.59 Å². The van der Waals surface area contributed by atoms with Crippen molar-refractivity contribution in [1.29, 1.82) is 0 Å². The number of carbonyl (C=O) groups excluding carboxylic acids is 2. The van der Waals surface area contributed by atoms with Gasteiger partial charge < -0.3 is 4.74 Å². The SMILES string of the molecule is COc1ccc2c(c1)C1(CC2)CC(=O)NC1=O. The van der Waals surface area contributed by atoms with Crippen LogP contribution in [-0.2, 0) is 21.4 Å². The van der Waals surface area contributed by atoms with Crippen LogP contribution in [0.3, 0.4) is 0 Å². The number of aryl methyl sites for hydroxylation is 1. The molecule has 1 N–H and O–H groups in total. The molecule has 4 heteroatoms. The van der Waals surface area contributed by atoms with Crippen LogP contribution in [0.4, 0.5) is 0 Å². The fourth-order valence-corrected chi connectivity index (χ4v) is 2.89. The van der Waals surface area contributed by atoms with Crippen LogP contribution in [0.25, 0.3) is 0 Å². The summed E-state index contributed by atoms with van der Waals surface area (Å²) in [6.07, 6.45) is 1.83. The van der Waals surface area contributed by atoms with Crippen molar-refractivity contribution in [3.63, 3.8) is 0 Å². The highest BCUT2D eigenvalue weighted by molar-refractivity contribution is 6.09. The number of benzene rings is 1. The molecule has 1 aliphatic heterocycles. The molecule has 1 aliphatic carbocycles. The maximum absolute atomic E-state index is 12.0. The number of hydrogen-bond acceptors (Lipinski definition) is 3. The third kappa shape index (κ3) is 1.30. The topological polar surface area (TPSA) is 55.4 Å². The zero-order valence-electron chi connectivity index (χ0n) is 9.58. The smallest absolute Gasteiger partial charge is 0.237 e. The number of imide groups is 1. The van der Waals surface area contributed by atoms with E-state index in [1.54, 1.807) is 7.11 Å². The Balaban J connectivity index is 2.14. The van der Waals surface area contributed by atoms with Crippen molar-refractivity contribution in [2.45, 2.75) is 24.7 Å². The summed E-state index contributed by atoms with van der Waals surface area (Å²) in [6, 6.07) is 5.77. The molecule has 1 saturated heterocycles. The Morgan fingerprint density at radius 2 is 2.18 bits per heavy atom. The van der Waals surface area contributed by atoms with Gasteiger partial charge in [0, 0.05) is 6.42 Å². The highest BCUT2D eigenvalue weighted by atomic mass is 16.5. The molecule has 0 aromatic heterocycles.